The van der Waals surface area contributed by atoms with E-state index in [1.807, 2.05) is 24.3 Å². The molecular weight excluding hydrogens is 293 g/mol. The molecule has 0 radical (unpaired) electrons. The van der Waals surface area contributed by atoms with Gasteiger partial charge in [0.05, 0.1) is 5.02 Å². The van der Waals surface area contributed by atoms with Crippen LogP contribution in [0.1, 0.15) is 5.56 Å². The van der Waals surface area contributed by atoms with Crippen molar-refractivity contribution in [3.8, 4) is 11.5 Å². The molecule has 110 valence electrons. The lowest BCUT2D eigenvalue weighted by atomic mass is 10.2. The van der Waals surface area contributed by atoms with Gasteiger partial charge in [-0.1, -0.05) is 35.9 Å². The molecule has 1 unspecified atom stereocenters. The summed E-state index contributed by atoms with van der Waals surface area (Å²) in [5, 5.41) is 3.31. The summed E-state index contributed by atoms with van der Waals surface area (Å²) in [5.74, 6) is 1.12. The van der Waals surface area contributed by atoms with Gasteiger partial charge in [0.2, 0.25) is 0 Å². The maximum atomic E-state index is 13.7. The summed E-state index contributed by atoms with van der Waals surface area (Å²) in [4.78, 5) is 0. The van der Waals surface area contributed by atoms with Crippen molar-refractivity contribution in [1.29, 1.82) is 0 Å². The Morgan fingerprint density at radius 1 is 1.14 bits per heavy atom. The monoisotopic (exact) mass is 307 g/mol. The number of nitrogens with one attached hydrogen (secondary N) is 1. The van der Waals surface area contributed by atoms with Gasteiger partial charge in [0, 0.05) is 18.7 Å². The minimum absolute atomic E-state index is 0.0952. The van der Waals surface area contributed by atoms with Gasteiger partial charge in [-0.2, -0.15) is 0 Å². The number of rotatable bonds is 4. The summed E-state index contributed by atoms with van der Waals surface area (Å²) < 4.78 is 25.2. The molecule has 1 N–H and O–H groups in total. The van der Waals surface area contributed by atoms with E-state index in [9.17, 15) is 4.39 Å². The first-order chi connectivity index (χ1) is 10.2. The Morgan fingerprint density at radius 2 is 1.95 bits per heavy atom. The molecule has 0 saturated heterocycles. The van der Waals surface area contributed by atoms with Gasteiger partial charge >= 0.3 is 0 Å². The van der Waals surface area contributed by atoms with E-state index in [1.165, 1.54) is 6.07 Å². The summed E-state index contributed by atoms with van der Waals surface area (Å²) in [6.45, 7) is 1.44. The molecule has 3 rings (SSSR count). The fourth-order valence-corrected chi connectivity index (χ4v) is 2.41. The fourth-order valence-electron chi connectivity index (χ4n) is 2.22. The minimum Gasteiger partial charge on any atom is -0.486 e. The smallest absolute Gasteiger partial charge is 0.161 e. The largest absolute Gasteiger partial charge is 0.486 e. The molecule has 1 atom stereocenters. The average molecular weight is 308 g/mol. The molecule has 3 nitrogen and oxygen atoms in total. The van der Waals surface area contributed by atoms with Crippen LogP contribution in [-0.4, -0.2) is 19.3 Å². The van der Waals surface area contributed by atoms with Crippen LogP contribution in [0.25, 0.3) is 0 Å². The van der Waals surface area contributed by atoms with Crippen LogP contribution in [0.4, 0.5) is 4.39 Å². The standard InChI is InChI=1S/C16H15ClFNO2/c17-13-5-3-4-11(16(13)18)8-19-9-12-10-20-14-6-1-2-7-15(14)21-12/h1-7,12,19H,8-10H2. The predicted octanol–water partition coefficient (Wildman–Crippen LogP) is 3.41. The van der Waals surface area contributed by atoms with Gasteiger partial charge in [-0.05, 0) is 18.2 Å². The van der Waals surface area contributed by atoms with E-state index in [4.69, 9.17) is 21.1 Å². The maximum Gasteiger partial charge on any atom is 0.161 e. The summed E-state index contributed by atoms with van der Waals surface area (Å²) in [5.41, 5.74) is 0.541. The molecule has 2 aromatic carbocycles. The Bertz CT molecular complexity index is 635. The van der Waals surface area contributed by atoms with Gasteiger partial charge in [-0.15, -0.1) is 0 Å². The van der Waals surface area contributed by atoms with Gasteiger partial charge in [-0.25, -0.2) is 4.39 Å². The number of halogens is 2. The van der Waals surface area contributed by atoms with Crippen LogP contribution in [0.2, 0.25) is 5.02 Å². The van der Waals surface area contributed by atoms with Crippen molar-refractivity contribution in [2.75, 3.05) is 13.2 Å². The molecule has 5 heteroatoms. The summed E-state index contributed by atoms with van der Waals surface area (Å²) in [6, 6.07) is 12.5. The first-order valence-electron chi connectivity index (χ1n) is 6.76. The number of hydrogen-bond acceptors (Lipinski definition) is 3. The van der Waals surface area contributed by atoms with E-state index in [2.05, 4.69) is 5.32 Å². The van der Waals surface area contributed by atoms with Gasteiger partial charge < -0.3 is 14.8 Å². The van der Waals surface area contributed by atoms with Crippen LogP contribution in [-0.2, 0) is 6.54 Å². The lowest BCUT2D eigenvalue weighted by molar-refractivity contribution is 0.0901. The maximum absolute atomic E-state index is 13.7. The minimum atomic E-state index is -0.377. The van der Waals surface area contributed by atoms with Gasteiger partial charge in [0.1, 0.15) is 18.5 Å². The molecule has 1 aliphatic rings. The molecule has 0 amide bonds. The van der Waals surface area contributed by atoms with Crippen LogP contribution in [0.3, 0.4) is 0 Å². The first-order valence-corrected chi connectivity index (χ1v) is 7.14. The highest BCUT2D eigenvalue weighted by atomic mass is 35.5. The third-order valence-corrected chi connectivity index (χ3v) is 3.58. The number of fused-ring (bicyclic) bond motifs is 1. The third kappa shape index (κ3) is 3.28. The van der Waals surface area contributed by atoms with E-state index in [-0.39, 0.29) is 16.9 Å². The SMILES string of the molecule is Fc1c(Cl)cccc1CNCC1COc2ccccc2O1. The van der Waals surface area contributed by atoms with Crippen LogP contribution in [0.15, 0.2) is 42.5 Å². The molecule has 1 heterocycles. The van der Waals surface area contributed by atoms with Gasteiger partial charge in [0.15, 0.2) is 11.5 Å². The van der Waals surface area contributed by atoms with Crippen molar-refractivity contribution in [1.82, 2.24) is 5.32 Å². The highest BCUT2D eigenvalue weighted by Gasteiger charge is 2.20. The zero-order valence-electron chi connectivity index (χ0n) is 11.3. The van der Waals surface area contributed by atoms with Crippen molar-refractivity contribution in [3.63, 3.8) is 0 Å². The quantitative estimate of drug-likeness (QED) is 0.939. The second-order valence-corrected chi connectivity index (χ2v) is 5.25. The Hall–Kier alpha value is -1.78. The van der Waals surface area contributed by atoms with Crippen molar-refractivity contribution in [2.24, 2.45) is 0 Å². The number of hydrogen-bond donors (Lipinski definition) is 1. The van der Waals surface area contributed by atoms with Crippen LogP contribution in [0, 0.1) is 5.82 Å². The molecular formula is C16H15ClFNO2. The lowest BCUT2D eigenvalue weighted by Crippen LogP contribution is -2.38. The van der Waals surface area contributed by atoms with Crippen molar-refractivity contribution in [3.05, 3.63) is 58.9 Å². The Balaban J connectivity index is 1.54. The molecule has 2 aromatic rings. The van der Waals surface area contributed by atoms with Crippen molar-refractivity contribution >= 4 is 11.6 Å². The molecule has 0 aliphatic carbocycles. The number of benzene rings is 2. The summed E-state index contributed by atoms with van der Waals surface area (Å²) in [7, 11) is 0. The third-order valence-electron chi connectivity index (χ3n) is 3.29. The van der Waals surface area contributed by atoms with E-state index < -0.39 is 0 Å². The second kappa shape index (κ2) is 6.33. The van der Waals surface area contributed by atoms with Crippen molar-refractivity contribution < 1.29 is 13.9 Å². The molecule has 1 aliphatic heterocycles. The molecule has 0 fully saturated rings. The van der Waals surface area contributed by atoms with Crippen LogP contribution < -0.4 is 14.8 Å². The summed E-state index contributed by atoms with van der Waals surface area (Å²) in [6.07, 6.45) is -0.0952. The zero-order chi connectivity index (χ0) is 14.7. The van der Waals surface area contributed by atoms with E-state index in [0.29, 0.717) is 25.3 Å². The normalized spacial score (nSPS) is 16.8. The topological polar surface area (TPSA) is 30.5 Å². The van der Waals surface area contributed by atoms with Crippen LogP contribution in [0.5, 0.6) is 11.5 Å². The highest BCUT2D eigenvalue weighted by Crippen LogP contribution is 2.30. The zero-order valence-corrected chi connectivity index (χ0v) is 12.1. The molecule has 0 saturated carbocycles. The van der Waals surface area contributed by atoms with E-state index in [0.717, 1.165) is 11.5 Å². The predicted molar refractivity (Wildman–Crippen MR) is 79.5 cm³/mol. The molecule has 0 spiro atoms. The highest BCUT2D eigenvalue weighted by molar-refractivity contribution is 6.30. The Labute approximate surface area is 127 Å². The second-order valence-electron chi connectivity index (χ2n) is 4.84. The Kier molecular flexibility index (Phi) is 4.27. The number of ether oxygens (including phenoxy) is 2. The van der Waals surface area contributed by atoms with E-state index >= 15 is 0 Å². The molecule has 21 heavy (non-hydrogen) atoms. The molecule has 0 aromatic heterocycles. The Morgan fingerprint density at radius 3 is 2.81 bits per heavy atom. The van der Waals surface area contributed by atoms with Gasteiger partial charge in [0.25, 0.3) is 0 Å². The average Bonchev–Trinajstić information content (AvgIpc) is 2.51. The lowest BCUT2D eigenvalue weighted by Gasteiger charge is -2.26. The molecule has 0 bridgehead atoms. The summed E-state index contributed by atoms with van der Waals surface area (Å²) >= 11 is 5.75. The van der Waals surface area contributed by atoms with E-state index in [1.54, 1.807) is 12.1 Å². The number of para-hydroxylation sites is 2. The first kappa shape index (κ1) is 14.2. The van der Waals surface area contributed by atoms with Gasteiger partial charge in [-0.3, -0.25) is 0 Å². The van der Waals surface area contributed by atoms with Crippen LogP contribution >= 0.6 is 11.6 Å². The van der Waals surface area contributed by atoms with Crippen molar-refractivity contribution in [2.45, 2.75) is 12.6 Å². The fraction of sp³-hybridized carbons (Fsp3) is 0.250.